The minimum Gasteiger partial charge on any atom is -0.311 e. The van der Waals surface area contributed by atoms with Crippen LogP contribution in [0.3, 0.4) is 0 Å². The highest BCUT2D eigenvalue weighted by molar-refractivity contribution is 8.68. The van der Waals surface area contributed by atoms with E-state index in [0.717, 1.165) is 46.8 Å². The zero-order valence-electron chi connectivity index (χ0n) is 19.1. The van der Waals surface area contributed by atoms with Gasteiger partial charge in [0.1, 0.15) is 0 Å². The number of carbonyl (C=O) groups is 1. The first-order chi connectivity index (χ1) is 15.7. The first-order valence-corrected chi connectivity index (χ1v) is 13.5. The molecule has 168 valence electrons. The van der Waals surface area contributed by atoms with Crippen LogP contribution in [0.5, 0.6) is 0 Å². The molecule has 0 amide bonds. The summed E-state index contributed by atoms with van der Waals surface area (Å²) in [4.78, 5) is 15.8. The average Bonchev–Trinajstić information content (AvgIpc) is 2.84. The van der Waals surface area contributed by atoms with Gasteiger partial charge in [0.2, 0.25) is 0 Å². The second-order valence-electron chi connectivity index (χ2n) is 8.12. The van der Waals surface area contributed by atoms with Crippen LogP contribution >= 0.6 is 22.5 Å². The third-order valence-corrected chi connectivity index (χ3v) is 6.78. The highest BCUT2D eigenvalue weighted by Gasteiger charge is 2.14. The molecule has 0 saturated heterocycles. The maximum absolute atomic E-state index is 12.4. The highest BCUT2D eigenvalue weighted by Crippen LogP contribution is 2.36. The summed E-state index contributed by atoms with van der Waals surface area (Å²) in [5, 5.41) is 0. The number of unbranched alkanes of at least 4 members (excludes halogenated alkanes) is 3. The van der Waals surface area contributed by atoms with Crippen LogP contribution in [-0.2, 0) is 6.42 Å². The molecule has 0 N–H and O–H groups in total. The summed E-state index contributed by atoms with van der Waals surface area (Å²) < 4.78 is 0. The van der Waals surface area contributed by atoms with Gasteiger partial charge in [-0.05, 0) is 85.5 Å². The Hall–Kier alpha value is -2.17. The number of Topliss-reactive ketones (excluding diaryl/α,β-unsaturated/α-hetero) is 1. The topological polar surface area (TPSA) is 20.3 Å². The number of benzene rings is 3. The smallest absolute Gasteiger partial charge is 0.162 e. The lowest BCUT2D eigenvalue weighted by Crippen LogP contribution is -2.10. The van der Waals surface area contributed by atoms with Crippen molar-refractivity contribution in [2.75, 3.05) is 4.90 Å². The molecule has 0 spiro atoms. The molecule has 0 unspecified atom stereocenters. The molecule has 0 aromatic heterocycles. The van der Waals surface area contributed by atoms with Crippen LogP contribution in [0.4, 0.5) is 17.1 Å². The number of hydrogen-bond donors (Lipinski definition) is 1. The predicted molar refractivity (Wildman–Crippen MR) is 143 cm³/mol. The number of hydrogen-bond acceptors (Lipinski definition) is 4. The Bertz CT molecular complexity index is 966. The monoisotopic (exact) mass is 463 g/mol. The van der Waals surface area contributed by atoms with E-state index < -0.39 is 0 Å². The quantitative estimate of drug-likeness (QED) is 0.125. The Balaban J connectivity index is 1.90. The van der Waals surface area contributed by atoms with E-state index in [0.29, 0.717) is 6.42 Å². The number of rotatable bonds is 12. The first kappa shape index (κ1) is 24.5. The van der Waals surface area contributed by atoms with Gasteiger partial charge in [-0.2, -0.15) is 0 Å². The third-order valence-electron chi connectivity index (χ3n) is 5.67. The van der Waals surface area contributed by atoms with Crippen LogP contribution in [0.15, 0.2) is 77.7 Å². The van der Waals surface area contributed by atoms with Crippen molar-refractivity contribution in [1.29, 1.82) is 0 Å². The van der Waals surface area contributed by atoms with Crippen LogP contribution in [-0.4, -0.2) is 5.78 Å². The lowest BCUT2D eigenvalue weighted by Gasteiger charge is -2.26. The number of anilines is 3. The van der Waals surface area contributed by atoms with E-state index in [-0.39, 0.29) is 5.78 Å². The number of thiol groups is 1. The van der Waals surface area contributed by atoms with Gasteiger partial charge < -0.3 is 4.90 Å². The molecule has 2 nitrogen and oxygen atoms in total. The lowest BCUT2D eigenvalue weighted by molar-refractivity contribution is 0.0980. The summed E-state index contributed by atoms with van der Waals surface area (Å²) in [5.74, 6) is 0.219. The zero-order chi connectivity index (χ0) is 22.8. The summed E-state index contributed by atoms with van der Waals surface area (Å²) in [6, 6.07) is 25.3. The molecule has 0 heterocycles. The van der Waals surface area contributed by atoms with Crippen molar-refractivity contribution < 1.29 is 4.79 Å². The van der Waals surface area contributed by atoms with Crippen LogP contribution in [0.1, 0.15) is 68.3 Å². The van der Waals surface area contributed by atoms with Crippen LogP contribution in [0, 0.1) is 0 Å². The molecule has 0 bridgehead atoms. The van der Waals surface area contributed by atoms with Crippen molar-refractivity contribution in [2.45, 2.75) is 63.7 Å². The van der Waals surface area contributed by atoms with Crippen LogP contribution < -0.4 is 4.90 Å². The van der Waals surface area contributed by atoms with E-state index in [1.807, 2.05) is 12.1 Å². The molecule has 32 heavy (non-hydrogen) atoms. The second-order valence-corrected chi connectivity index (χ2v) is 9.32. The fourth-order valence-corrected chi connectivity index (χ4v) is 4.40. The number of nitrogens with zero attached hydrogens (tertiary/aromatic N) is 1. The molecule has 0 radical (unpaired) electrons. The Kier molecular flexibility index (Phi) is 9.76. The maximum Gasteiger partial charge on any atom is 0.162 e. The fourth-order valence-electron chi connectivity index (χ4n) is 3.77. The van der Waals surface area contributed by atoms with Crippen molar-refractivity contribution in [1.82, 2.24) is 0 Å². The standard InChI is InChI=1S/C28H33NOS2/c1-3-5-7-8-22-10-14-24(15-11-22)29(26-18-20-27(32-31)21-19-26)25-16-12-23(13-17-25)28(30)9-6-4-2/h10-21,31H,3-9H2,1-2H3. The molecular formula is C28H33NOS2. The van der Waals surface area contributed by atoms with E-state index in [9.17, 15) is 4.79 Å². The Morgan fingerprint density at radius 3 is 1.81 bits per heavy atom. The SMILES string of the molecule is CCCCCc1ccc(N(c2ccc(SS)cc2)c2ccc(C(=O)CCCC)cc2)cc1. The molecule has 3 aromatic rings. The highest BCUT2D eigenvalue weighted by atomic mass is 33.1. The Morgan fingerprint density at radius 1 is 0.750 bits per heavy atom. The van der Waals surface area contributed by atoms with E-state index in [1.165, 1.54) is 35.6 Å². The minimum atomic E-state index is 0.219. The van der Waals surface area contributed by atoms with Crippen molar-refractivity contribution in [3.8, 4) is 0 Å². The second kappa shape index (κ2) is 12.8. The molecule has 0 aliphatic heterocycles. The first-order valence-electron chi connectivity index (χ1n) is 11.6. The van der Waals surface area contributed by atoms with Gasteiger partial charge in [-0.25, -0.2) is 0 Å². The van der Waals surface area contributed by atoms with Gasteiger partial charge in [0.05, 0.1) is 0 Å². The molecule has 3 rings (SSSR count). The maximum atomic E-state index is 12.4. The summed E-state index contributed by atoms with van der Waals surface area (Å²) in [7, 11) is 1.44. The van der Waals surface area contributed by atoms with Gasteiger partial charge in [0.25, 0.3) is 0 Å². The van der Waals surface area contributed by atoms with Crippen LogP contribution in [0.2, 0.25) is 0 Å². The van der Waals surface area contributed by atoms with E-state index in [4.69, 9.17) is 0 Å². The molecule has 3 aromatic carbocycles. The summed E-state index contributed by atoms with van der Waals surface area (Å²) >= 11 is 4.31. The summed E-state index contributed by atoms with van der Waals surface area (Å²) in [6.07, 6.45) is 7.45. The van der Waals surface area contributed by atoms with E-state index in [1.54, 1.807) is 0 Å². The summed E-state index contributed by atoms with van der Waals surface area (Å²) in [5.41, 5.74) is 5.40. The molecule has 0 aliphatic carbocycles. The molecule has 4 heteroatoms. The summed E-state index contributed by atoms with van der Waals surface area (Å²) in [6.45, 7) is 4.35. The lowest BCUT2D eigenvalue weighted by atomic mass is 10.0. The van der Waals surface area contributed by atoms with E-state index >= 15 is 0 Å². The van der Waals surface area contributed by atoms with Gasteiger partial charge in [0.15, 0.2) is 5.78 Å². The minimum absolute atomic E-state index is 0.219. The van der Waals surface area contributed by atoms with Gasteiger partial charge in [-0.3, -0.25) is 4.79 Å². The average molecular weight is 464 g/mol. The molecule has 0 fully saturated rings. The molecule has 0 atom stereocenters. The molecular weight excluding hydrogens is 430 g/mol. The number of ketones is 1. The van der Waals surface area contributed by atoms with Crippen molar-refractivity contribution >= 4 is 45.3 Å². The Morgan fingerprint density at radius 2 is 1.28 bits per heavy atom. The van der Waals surface area contributed by atoms with Gasteiger partial charge >= 0.3 is 0 Å². The van der Waals surface area contributed by atoms with Crippen molar-refractivity contribution in [3.05, 3.63) is 83.9 Å². The van der Waals surface area contributed by atoms with Gasteiger partial charge in [0, 0.05) is 33.9 Å². The molecule has 0 saturated carbocycles. The number of carbonyl (C=O) groups excluding carboxylic acids is 1. The third kappa shape index (κ3) is 6.66. The van der Waals surface area contributed by atoms with Crippen molar-refractivity contribution in [2.24, 2.45) is 0 Å². The van der Waals surface area contributed by atoms with Crippen molar-refractivity contribution in [3.63, 3.8) is 0 Å². The van der Waals surface area contributed by atoms with E-state index in [2.05, 4.69) is 91.1 Å². The van der Waals surface area contributed by atoms with Gasteiger partial charge in [-0.15, -0.1) is 11.7 Å². The fraction of sp³-hybridized carbons (Fsp3) is 0.321. The predicted octanol–water partition coefficient (Wildman–Crippen LogP) is 9.20. The van der Waals surface area contributed by atoms with Gasteiger partial charge in [-0.1, -0.05) is 56.0 Å². The number of aryl methyl sites for hydroxylation is 1. The molecule has 0 aliphatic rings. The Labute approximate surface area is 202 Å². The normalized spacial score (nSPS) is 10.8. The largest absolute Gasteiger partial charge is 0.311 e. The van der Waals surface area contributed by atoms with Crippen LogP contribution in [0.25, 0.3) is 0 Å². The zero-order valence-corrected chi connectivity index (χ0v) is 20.8.